The smallest absolute Gasteiger partial charge is 0.303 e. The Bertz CT molecular complexity index is 490. The molecule has 0 aliphatic rings. The molecule has 17 heavy (non-hydrogen) atoms. The highest BCUT2D eigenvalue weighted by molar-refractivity contribution is 5.66. The van der Waals surface area contributed by atoms with Crippen molar-refractivity contribution in [3.05, 3.63) is 53.7 Å². The maximum absolute atomic E-state index is 10.4. The van der Waals surface area contributed by atoms with Gasteiger partial charge in [-0.1, -0.05) is 30.3 Å². The minimum atomic E-state index is -0.822. The first kappa shape index (κ1) is 11.4. The molecule has 2 aromatic rings. The summed E-state index contributed by atoms with van der Waals surface area (Å²) in [5.74, 6) is -0.200. The van der Waals surface area contributed by atoms with E-state index in [1.54, 1.807) is 0 Å². The Labute approximate surface area is 98.9 Å². The van der Waals surface area contributed by atoms with Crippen molar-refractivity contribution in [3.8, 4) is 0 Å². The fourth-order valence-corrected chi connectivity index (χ4v) is 1.55. The number of nitrogens with zero attached hydrogens (tertiary/aromatic N) is 1. The molecule has 1 heterocycles. The zero-order chi connectivity index (χ0) is 12.1. The second-order valence-corrected chi connectivity index (χ2v) is 3.79. The molecule has 1 N–H and O–H groups in total. The Hall–Kier alpha value is -2.10. The molecule has 0 amide bonds. The highest BCUT2D eigenvalue weighted by atomic mass is 16.4. The molecule has 0 saturated carbocycles. The van der Waals surface area contributed by atoms with E-state index in [4.69, 9.17) is 9.52 Å². The second-order valence-electron chi connectivity index (χ2n) is 3.79. The molecule has 88 valence electrons. The van der Waals surface area contributed by atoms with Crippen molar-refractivity contribution >= 4 is 5.97 Å². The van der Waals surface area contributed by atoms with Crippen LogP contribution in [0.25, 0.3) is 0 Å². The zero-order valence-electron chi connectivity index (χ0n) is 9.30. The number of carboxylic acid groups (broad SMARTS) is 1. The van der Waals surface area contributed by atoms with Gasteiger partial charge in [-0.3, -0.25) is 4.79 Å². The lowest BCUT2D eigenvalue weighted by Gasteiger charge is -1.95. The summed E-state index contributed by atoms with van der Waals surface area (Å²) in [6, 6.07) is 9.88. The third-order valence-electron chi connectivity index (χ3n) is 2.39. The predicted molar refractivity (Wildman–Crippen MR) is 61.7 cm³/mol. The standard InChI is InChI=1S/C13H13NO3/c15-13(16)7-6-11-9-17-12(14-11)8-10-4-2-1-3-5-10/h1-5,9H,6-8H2,(H,15,16). The van der Waals surface area contributed by atoms with Gasteiger partial charge in [0.2, 0.25) is 0 Å². The number of rotatable bonds is 5. The Kier molecular flexibility index (Phi) is 3.55. The number of aromatic nitrogens is 1. The zero-order valence-corrected chi connectivity index (χ0v) is 9.30. The first-order chi connectivity index (χ1) is 8.24. The molecule has 0 aliphatic carbocycles. The third-order valence-corrected chi connectivity index (χ3v) is 2.39. The minimum absolute atomic E-state index is 0.0807. The summed E-state index contributed by atoms with van der Waals surface area (Å²) < 4.78 is 5.30. The number of carboxylic acids is 1. The number of benzene rings is 1. The van der Waals surface area contributed by atoms with Gasteiger partial charge in [-0.05, 0) is 5.56 Å². The molecule has 0 fully saturated rings. The highest BCUT2D eigenvalue weighted by Crippen LogP contribution is 2.10. The van der Waals surface area contributed by atoms with E-state index in [-0.39, 0.29) is 6.42 Å². The Morgan fingerprint density at radius 3 is 2.76 bits per heavy atom. The number of hydrogen-bond acceptors (Lipinski definition) is 3. The van der Waals surface area contributed by atoms with Crippen LogP contribution in [0, 0.1) is 0 Å². The van der Waals surface area contributed by atoms with Crippen LogP contribution in [0.1, 0.15) is 23.6 Å². The summed E-state index contributed by atoms with van der Waals surface area (Å²) >= 11 is 0. The fraction of sp³-hybridized carbons (Fsp3) is 0.231. The topological polar surface area (TPSA) is 63.3 Å². The second kappa shape index (κ2) is 5.30. The van der Waals surface area contributed by atoms with Crippen molar-refractivity contribution in [2.45, 2.75) is 19.3 Å². The maximum Gasteiger partial charge on any atom is 0.303 e. The van der Waals surface area contributed by atoms with E-state index in [2.05, 4.69) is 4.98 Å². The number of oxazole rings is 1. The lowest BCUT2D eigenvalue weighted by Crippen LogP contribution is -1.98. The van der Waals surface area contributed by atoms with Gasteiger partial charge in [0.1, 0.15) is 6.26 Å². The summed E-state index contributed by atoms with van der Waals surface area (Å²) in [6.07, 6.45) is 2.65. The number of aliphatic carboxylic acids is 1. The van der Waals surface area contributed by atoms with Crippen molar-refractivity contribution in [2.24, 2.45) is 0 Å². The SMILES string of the molecule is O=C(O)CCc1coc(Cc2ccccc2)n1. The van der Waals surface area contributed by atoms with Gasteiger partial charge >= 0.3 is 5.97 Å². The van der Waals surface area contributed by atoms with Gasteiger partial charge < -0.3 is 9.52 Å². The first-order valence-electron chi connectivity index (χ1n) is 5.43. The monoisotopic (exact) mass is 231 g/mol. The van der Waals surface area contributed by atoms with Gasteiger partial charge in [0.05, 0.1) is 12.1 Å². The van der Waals surface area contributed by atoms with Gasteiger partial charge in [0, 0.05) is 12.8 Å². The van der Waals surface area contributed by atoms with Gasteiger partial charge in [0.15, 0.2) is 5.89 Å². The Balaban J connectivity index is 1.97. The van der Waals surface area contributed by atoms with Crippen molar-refractivity contribution in [3.63, 3.8) is 0 Å². The Morgan fingerprint density at radius 2 is 2.06 bits per heavy atom. The minimum Gasteiger partial charge on any atom is -0.481 e. The van der Waals surface area contributed by atoms with Gasteiger partial charge in [-0.25, -0.2) is 4.98 Å². The van der Waals surface area contributed by atoms with Crippen molar-refractivity contribution < 1.29 is 14.3 Å². The van der Waals surface area contributed by atoms with Crippen LogP contribution in [0.3, 0.4) is 0 Å². The fourth-order valence-electron chi connectivity index (χ4n) is 1.55. The van der Waals surface area contributed by atoms with E-state index < -0.39 is 5.97 Å². The van der Waals surface area contributed by atoms with Crippen molar-refractivity contribution in [2.75, 3.05) is 0 Å². The van der Waals surface area contributed by atoms with E-state index in [9.17, 15) is 4.79 Å². The molecule has 0 saturated heterocycles. The van der Waals surface area contributed by atoms with Crippen LogP contribution < -0.4 is 0 Å². The van der Waals surface area contributed by atoms with Gasteiger partial charge in [-0.2, -0.15) is 0 Å². The van der Waals surface area contributed by atoms with Crippen molar-refractivity contribution in [1.82, 2.24) is 4.98 Å². The summed E-state index contributed by atoms with van der Waals surface area (Å²) in [6.45, 7) is 0. The predicted octanol–water partition coefficient (Wildman–Crippen LogP) is 2.28. The van der Waals surface area contributed by atoms with Crippen LogP contribution in [0.4, 0.5) is 0 Å². The van der Waals surface area contributed by atoms with Crippen molar-refractivity contribution in [1.29, 1.82) is 0 Å². The average molecular weight is 231 g/mol. The lowest BCUT2D eigenvalue weighted by atomic mass is 10.1. The normalized spacial score (nSPS) is 10.4. The molecular weight excluding hydrogens is 218 g/mol. The van der Waals surface area contributed by atoms with E-state index in [1.165, 1.54) is 6.26 Å². The molecule has 4 nitrogen and oxygen atoms in total. The molecule has 0 atom stereocenters. The molecule has 1 aromatic carbocycles. The van der Waals surface area contributed by atoms with Crippen LogP contribution in [-0.2, 0) is 17.6 Å². The van der Waals surface area contributed by atoms with E-state index in [0.29, 0.717) is 24.4 Å². The highest BCUT2D eigenvalue weighted by Gasteiger charge is 2.06. The van der Waals surface area contributed by atoms with E-state index in [0.717, 1.165) is 5.56 Å². The van der Waals surface area contributed by atoms with Crippen LogP contribution in [0.2, 0.25) is 0 Å². The summed E-state index contributed by atoms with van der Waals surface area (Å²) in [5, 5.41) is 8.56. The first-order valence-corrected chi connectivity index (χ1v) is 5.43. The average Bonchev–Trinajstić information content (AvgIpc) is 2.75. The summed E-state index contributed by atoms with van der Waals surface area (Å²) in [7, 11) is 0. The largest absolute Gasteiger partial charge is 0.481 e. The lowest BCUT2D eigenvalue weighted by molar-refractivity contribution is -0.136. The molecule has 0 aliphatic heterocycles. The van der Waals surface area contributed by atoms with Gasteiger partial charge in [0.25, 0.3) is 0 Å². The van der Waals surface area contributed by atoms with Crippen LogP contribution >= 0.6 is 0 Å². The molecule has 0 radical (unpaired) electrons. The summed E-state index contributed by atoms with van der Waals surface area (Å²) in [4.78, 5) is 14.7. The molecule has 0 spiro atoms. The van der Waals surface area contributed by atoms with E-state index in [1.807, 2.05) is 30.3 Å². The Morgan fingerprint density at radius 1 is 1.29 bits per heavy atom. The summed E-state index contributed by atoms with van der Waals surface area (Å²) in [5.41, 5.74) is 1.82. The molecule has 0 unspecified atom stereocenters. The number of carbonyl (C=O) groups is 1. The number of aryl methyl sites for hydroxylation is 1. The third kappa shape index (κ3) is 3.45. The molecule has 4 heteroatoms. The quantitative estimate of drug-likeness (QED) is 0.857. The molecule has 0 bridgehead atoms. The van der Waals surface area contributed by atoms with Gasteiger partial charge in [-0.15, -0.1) is 0 Å². The molecule has 2 rings (SSSR count). The van der Waals surface area contributed by atoms with Crippen LogP contribution in [0.15, 0.2) is 41.0 Å². The number of hydrogen-bond donors (Lipinski definition) is 1. The van der Waals surface area contributed by atoms with Crippen LogP contribution in [0.5, 0.6) is 0 Å². The maximum atomic E-state index is 10.4. The van der Waals surface area contributed by atoms with Crippen LogP contribution in [-0.4, -0.2) is 16.1 Å². The van der Waals surface area contributed by atoms with E-state index >= 15 is 0 Å². The molecule has 1 aromatic heterocycles. The molecular formula is C13H13NO3.